The van der Waals surface area contributed by atoms with Crippen molar-refractivity contribution >= 4 is 0 Å². The monoisotopic (exact) mass is 271 g/mol. The summed E-state index contributed by atoms with van der Waals surface area (Å²) in [6.07, 6.45) is 0. The van der Waals surface area contributed by atoms with Crippen molar-refractivity contribution in [3.8, 4) is 17.2 Å². The Morgan fingerprint density at radius 1 is 1.05 bits per heavy atom. The van der Waals surface area contributed by atoms with Gasteiger partial charge in [-0.15, -0.1) is 0 Å². The van der Waals surface area contributed by atoms with Gasteiger partial charge in [-0.3, -0.25) is 0 Å². The van der Waals surface area contributed by atoms with E-state index in [0.717, 1.165) is 30.3 Å². The third kappa shape index (κ3) is 3.52. The summed E-state index contributed by atoms with van der Waals surface area (Å²) in [6, 6.07) is 13.8. The van der Waals surface area contributed by atoms with Crippen molar-refractivity contribution in [1.82, 2.24) is 5.32 Å². The molecule has 3 nitrogen and oxygen atoms in total. The highest BCUT2D eigenvalue weighted by molar-refractivity contribution is 5.44. The predicted octanol–water partition coefficient (Wildman–Crippen LogP) is 3.91. The van der Waals surface area contributed by atoms with E-state index < -0.39 is 0 Å². The summed E-state index contributed by atoms with van der Waals surface area (Å²) in [5.41, 5.74) is 2.51. The molecule has 0 radical (unpaired) electrons. The van der Waals surface area contributed by atoms with Crippen LogP contribution in [0.15, 0.2) is 42.5 Å². The van der Waals surface area contributed by atoms with Crippen LogP contribution in [0.4, 0.5) is 0 Å². The molecular weight excluding hydrogens is 250 g/mol. The molecule has 0 saturated carbocycles. The second kappa shape index (κ2) is 6.96. The van der Waals surface area contributed by atoms with Crippen LogP contribution in [0.5, 0.6) is 17.2 Å². The quantitative estimate of drug-likeness (QED) is 0.864. The molecule has 106 valence electrons. The number of benzene rings is 2. The van der Waals surface area contributed by atoms with Crippen LogP contribution in [0.1, 0.15) is 18.1 Å². The summed E-state index contributed by atoms with van der Waals surface area (Å²) in [4.78, 5) is 0. The van der Waals surface area contributed by atoms with E-state index in [2.05, 4.69) is 31.3 Å². The summed E-state index contributed by atoms with van der Waals surface area (Å²) in [5, 5.41) is 3.33. The third-order valence-electron chi connectivity index (χ3n) is 3.18. The first-order valence-corrected chi connectivity index (χ1v) is 6.85. The van der Waals surface area contributed by atoms with Crippen LogP contribution in [0.25, 0.3) is 0 Å². The molecule has 0 saturated heterocycles. The lowest BCUT2D eigenvalue weighted by Gasteiger charge is -2.12. The van der Waals surface area contributed by atoms with Crippen LogP contribution in [0.2, 0.25) is 0 Å². The highest BCUT2D eigenvalue weighted by atomic mass is 16.5. The van der Waals surface area contributed by atoms with E-state index in [4.69, 9.17) is 9.47 Å². The van der Waals surface area contributed by atoms with Gasteiger partial charge in [0.1, 0.15) is 5.75 Å². The van der Waals surface area contributed by atoms with Crippen molar-refractivity contribution in [1.29, 1.82) is 0 Å². The molecular formula is C17H21NO2. The van der Waals surface area contributed by atoms with E-state index in [1.807, 2.05) is 30.3 Å². The highest BCUT2D eigenvalue weighted by Gasteiger charge is 2.06. The van der Waals surface area contributed by atoms with Crippen LogP contribution in [-0.2, 0) is 6.54 Å². The van der Waals surface area contributed by atoms with Gasteiger partial charge in [0, 0.05) is 6.54 Å². The molecule has 2 aromatic rings. The molecule has 0 atom stereocenters. The van der Waals surface area contributed by atoms with E-state index in [-0.39, 0.29) is 0 Å². The zero-order chi connectivity index (χ0) is 14.4. The maximum absolute atomic E-state index is 5.90. The molecule has 0 aliphatic carbocycles. The Morgan fingerprint density at radius 3 is 2.45 bits per heavy atom. The van der Waals surface area contributed by atoms with Gasteiger partial charge in [-0.05, 0) is 48.9 Å². The van der Waals surface area contributed by atoms with E-state index in [9.17, 15) is 0 Å². The molecule has 0 fully saturated rings. The van der Waals surface area contributed by atoms with Crippen molar-refractivity contribution in [2.45, 2.75) is 20.4 Å². The Morgan fingerprint density at radius 2 is 1.80 bits per heavy atom. The van der Waals surface area contributed by atoms with E-state index in [1.165, 1.54) is 11.1 Å². The summed E-state index contributed by atoms with van der Waals surface area (Å²) in [6.45, 7) is 6.06. The summed E-state index contributed by atoms with van der Waals surface area (Å²) < 4.78 is 11.2. The van der Waals surface area contributed by atoms with Crippen LogP contribution in [0, 0.1) is 6.92 Å². The summed E-state index contributed by atoms with van der Waals surface area (Å²) in [5.74, 6) is 2.29. The minimum absolute atomic E-state index is 0.730. The van der Waals surface area contributed by atoms with Gasteiger partial charge in [-0.2, -0.15) is 0 Å². The molecule has 0 unspecified atom stereocenters. The SMILES string of the molecule is CCNCc1ccc(Oc2ccccc2OC)cc1C. The molecule has 0 spiro atoms. The molecule has 1 N–H and O–H groups in total. The first-order valence-electron chi connectivity index (χ1n) is 6.85. The maximum Gasteiger partial charge on any atom is 0.169 e. The van der Waals surface area contributed by atoms with Gasteiger partial charge in [0.25, 0.3) is 0 Å². The number of methoxy groups -OCH3 is 1. The Hall–Kier alpha value is -2.00. The minimum atomic E-state index is 0.730. The lowest BCUT2D eigenvalue weighted by Crippen LogP contribution is -2.12. The smallest absolute Gasteiger partial charge is 0.169 e. The van der Waals surface area contributed by atoms with E-state index in [1.54, 1.807) is 7.11 Å². The van der Waals surface area contributed by atoms with Crippen molar-refractivity contribution in [2.24, 2.45) is 0 Å². The number of hydrogen-bond donors (Lipinski definition) is 1. The summed E-state index contributed by atoms with van der Waals surface area (Å²) in [7, 11) is 1.65. The zero-order valence-electron chi connectivity index (χ0n) is 12.3. The maximum atomic E-state index is 5.90. The standard InChI is InChI=1S/C17H21NO2/c1-4-18-12-14-9-10-15(11-13(14)2)20-17-8-6-5-7-16(17)19-3/h5-11,18H,4,12H2,1-3H3. The highest BCUT2D eigenvalue weighted by Crippen LogP contribution is 2.31. The molecule has 0 aromatic heterocycles. The van der Waals surface area contributed by atoms with E-state index in [0.29, 0.717) is 0 Å². The topological polar surface area (TPSA) is 30.5 Å². The average Bonchev–Trinajstić information content (AvgIpc) is 2.47. The fraction of sp³-hybridized carbons (Fsp3) is 0.294. The fourth-order valence-electron chi connectivity index (χ4n) is 2.02. The van der Waals surface area contributed by atoms with Crippen molar-refractivity contribution in [3.05, 3.63) is 53.6 Å². The van der Waals surface area contributed by atoms with Crippen molar-refractivity contribution in [2.75, 3.05) is 13.7 Å². The lowest BCUT2D eigenvalue weighted by atomic mass is 10.1. The Labute approximate surface area is 120 Å². The molecule has 0 aliphatic heterocycles. The molecule has 3 heteroatoms. The molecule has 0 aliphatic rings. The average molecular weight is 271 g/mol. The normalized spacial score (nSPS) is 10.3. The largest absolute Gasteiger partial charge is 0.493 e. The van der Waals surface area contributed by atoms with Crippen LogP contribution >= 0.6 is 0 Å². The number of aryl methyl sites for hydroxylation is 1. The van der Waals surface area contributed by atoms with Gasteiger partial charge >= 0.3 is 0 Å². The second-order valence-electron chi connectivity index (χ2n) is 4.62. The lowest BCUT2D eigenvalue weighted by molar-refractivity contribution is 0.379. The van der Waals surface area contributed by atoms with E-state index >= 15 is 0 Å². The molecule has 2 aromatic carbocycles. The Bertz CT molecular complexity index is 567. The zero-order valence-corrected chi connectivity index (χ0v) is 12.3. The van der Waals surface area contributed by atoms with Gasteiger partial charge in [0.05, 0.1) is 7.11 Å². The molecule has 2 rings (SSSR count). The van der Waals surface area contributed by atoms with Gasteiger partial charge in [-0.25, -0.2) is 0 Å². The summed E-state index contributed by atoms with van der Waals surface area (Å²) >= 11 is 0. The predicted molar refractivity (Wildman–Crippen MR) is 81.6 cm³/mol. The van der Waals surface area contributed by atoms with Crippen LogP contribution in [-0.4, -0.2) is 13.7 Å². The number of nitrogens with one attached hydrogen (secondary N) is 1. The Balaban J connectivity index is 2.16. The Kier molecular flexibility index (Phi) is 5.02. The number of ether oxygens (including phenoxy) is 2. The van der Waals surface area contributed by atoms with Crippen LogP contribution in [0.3, 0.4) is 0 Å². The molecule has 20 heavy (non-hydrogen) atoms. The molecule has 0 amide bonds. The third-order valence-corrected chi connectivity index (χ3v) is 3.18. The van der Waals surface area contributed by atoms with Crippen LogP contribution < -0.4 is 14.8 Å². The number of rotatable bonds is 6. The van der Waals surface area contributed by atoms with Gasteiger partial charge in [0.15, 0.2) is 11.5 Å². The first-order chi connectivity index (χ1) is 9.74. The first kappa shape index (κ1) is 14.4. The van der Waals surface area contributed by atoms with Crippen molar-refractivity contribution < 1.29 is 9.47 Å². The molecule has 0 bridgehead atoms. The number of para-hydroxylation sites is 2. The fourth-order valence-corrected chi connectivity index (χ4v) is 2.02. The van der Waals surface area contributed by atoms with Crippen molar-refractivity contribution in [3.63, 3.8) is 0 Å². The molecule has 0 heterocycles. The second-order valence-corrected chi connectivity index (χ2v) is 4.62. The van der Waals surface area contributed by atoms with Gasteiger partial charge in [0.2, 0.25) is 0 Å². The number of hydrogen-bond acceptors (Lipinski definition) is 3. The minimum Gasteiger partial charge on any atom is -0.493 e. The van der Waals surface area contributed by atoms with Gasteiger partial charge < -0.3 is 14.8 Å². The van der Waals surface area contributed by atoms with Gasteiger partial charge in [-0.1, -0.05) is 25.1 Å².